The van der Waals surface area contributed by atoms with Crippen LogP contribution < -0.4 is 73.4 Å². The number of aliphatic carboxylic acids is 1. The first-order valence-corrected chi connectivity index (χ1v) is 30.4. The summed E-state index contributed by atoms with van der Waals surface area (Å²) in [5.74, 6) is -6.21. The maximum atomic E-state index is 14.5. The summed E-state index contributed by atoms with van der Waals surface area (Å²) >= 11 is 0. The molecule has 28 heteroatoms. The second-order valence-corrected chi connectivity index (χ2v) is 22.4. The van der Waals surface area contributed by atoms with Crippen LogP contribution in [-0.2, 0) is 56.1 Å². The van der Waals surface area contributed by atoms with Crippen molar-refractivity contribution < 1.29 is 67.2 Å². The molecule has 4 atom stereocenters. The number of carbonyl (C=O) groups excluding carboxylic acids is 8. The van der Waals surface area contributed by atoms with E-state index in [0.29, 0.717) is 34.2 Å². The molecule has 0 aliphatic carbocycles. The first-order chi connectivity index (χ1) is 45.4. The molecule has 0 spiro atoms. The lowest BCUT2D eigenvalue weighted by molar-refractivity contribution is -0.139. The normalized spacial score (nSPS) is 12.1. The van der Waals surface area contributed by atoms with Crippen molar-refractivity contribution in [2.45, 2.75) is 102 Å². The lowest BCUT2D eigenvalue weighted by atomic mass is 9.96. The third kappa shape index (κ3) is 21.6. The van der Waals surface area contributed by atoms with Crippen LogP contribution in [0.5, 0.6) is 23.0 Å². The summed E-state index contributed by atoms with van der Waals surface area (Å²) in [6.45, 7) is 1.94. The van der Waals surface area contributed by atoms with Gasteiger partial charge in [-0.2, -0.15) is 0 Å². The standard InChI is InChI=1S/C67H82N14O14/c1-37(82)27-38-16-20-56(92-2)44(28-38)60(86)78-49(13-8-24-74-65(68)69)53(83)32-39-17-21-57(93-3)45(29-39)61(87)79-50(14-9-25-75-66(70)71)54(84)33-40-18-22-58(94-4)46(30-40)62(88)80-51(15-10-26-76-67(72)73)55(85)34-41-19-23-59(95-5)47(31-41)63(89)81-52(64(90)91)35-42-36-77-48-12-7-6-11-43(42)48/h6-7,11-12,16-23,28-31,36,49-52,77H,8-10,13-15,24-27,32-35H2,1-5H3,(H,78,86)(H,79,87)(H,80,88)(H,81,89)(H,90,91)(H4,68,69,74)(H4,70,71,75)(H4,72,73,76)/t49-,50-,51-,52-/m1/s1. The van der Waals surface area contributed by atoms with Gasteiger partial charge in [0.1, 0.15) is 34.8 Å². The van der Waals surface area contributed by atoms with E-state index in [1.807, 2.05) is 24.3 Å². The lowest BCUT2D eigenvalue weighted by Gasteiger charge is -2.21. The molecule has 0 aliphatic rings. The second kappa shape index (κ2) is 35.5. The molecule has 0 fully saturated rings. The van der Waals surface area contributed by atoms with Gasteiger partial charge < -0.3 is 83.5 Å². The first kappa shape index (κ1) is 72.7. The van der Waals surface area contributed by atoms with Crippen molar-refractivity contribution in [2.24, 2.45) is 17.2 Å². The summed E-state index contributed by atoms with van der Waals surface area (Å²) in [7, 11) is 5.38. The van der Waals surface area contributed by atoms with E-state index in [2.05, 4.69) is 42.2 Å². The Morgan fingerprint density at radius 1 is 0.463 bits per heavy atom. The van der Waals surface area contributed by atoms with Gasteiger partial charge in [-0.05, 0) is 128 Å². The largest absolute Gasteiger partial charge is 0.496 e. The molecule has 1 heterocycles. The zero-order valence-electron chi connectivity index (χ0n) is 53.5. The number of guanidine groups is 3. The SMILES string of the molecule is COc1ccc(CC(=O)[C@@H](CCCNC(=N)N)NC(=O)c2cc(CC(=O)[C@@H](CCCNC(=N)N)NC(=O)c3cc(CC(=O)[C@@H](CCCNC(=N)N)NC(=O)c4cc(CC(C)=O)ccc4OC)ccc3OC)ccc2OC)cc1C(=O)N[C@H](Cc1c[nH]c2ccccc12)C(=O)O. The molecular weight excluding hydrogens is 1220 g/mol. The summed E-state index contributed by atoms with van der Waals surface area (Å²) in [5, 5.41) is 52.9. The molecule has 28 nitrogen and oxygen atoms in total. The first-order valence-electron chi connectivity index (χ1n) is 30.4. The van der Waals surface area contributed by atoms with Gasteiger partial charge in [0.2, 0.25) is 0 Å². The maximum absolute atomic E-state index is 14.5. The van der Waals surface area contributed by atoms with Crippen LogP contribution in [-0.4, -0.2) is 153 Å². The van der Waals surface area contributed by atoms with Gasteiger partial charge in [-0.25, -0.2) is 4.79 Å². The Morgan fingerprint density at radius 2 is 0.779 bits per heavy atom. The molecule has 6 aromatic rings. The van der Waals surface area contributed by atoms with E-state index < -0.39 is 71.1 Å². The number of aromatic nitrogens is 1. The summed E-state index contributed by atoms with van der Waals surface area (Å²) in [6, 6.07) is 20.6. The number of hydrogen-bond donors (Lipinski definition) is 15. The van der Waals surface area contributed by atoms with Crippen LogP contribution in [0.15, 0.2) is 103 Å². The molecule has 5 aromatic carbocycles. The van der Waals surface area contributed by atoms with Gasteiger partial charge in [0.25, 0.3) is 23.6 Å². The van der Waals surface area contributed by atoms with Crippen molar-refractivity contribution in [3.05, 3.63) is 153 Å². The summed E-state index contributed by atoms with van der Waals surface area (Å²) < 4.78 is 22.1. The molecular formula is C67H82N14O14. The van der Waals surface area contributed by atoms with Crippen LogP contribution in [0, 0.1) is 16.2 Å². The van der Waals surface area contributed by atoms with Gasteiger partial charge in [0, 0.05) is 68.8 Å². The van der Waals surface area contributed by atoms with Crippen molar-refractivity contribution in [2.75, 3.05) is 48.1 Å². The number of carbonyl (C=O) groups is 9. The number of Topliss-reactive ketones (excluding diaryl/α,β-unsaturated/α-hetero) is 4. The Kier molecular flexibility index (Phi) is 27.2. The molecule has 4 amide bonds. The Balaban J connectivity index is 1.21. The van der Waals surface area contributed by atoms with Crippen molar-refractivity contribution >= 4 is 81.5 Å². The molecule has 0 saturated carbocycles. The number of ether oxygens (including phenoxy) is 4. The van der Waals surface area contributed by atoms with Gasteiger partial charge in [-0.3, -0.25) is 54.6 Å². The van der Waals surface area contributed by atoms with Crippen LogP contribution in [0.4, 0.5) is 0 Å². The number of para-hydroxylation sites is 1. The average Bonchev–Trinajstić information content (AvgIpc) is 1.87. The number of carboxylic acid groups (broad SMARTS) is 1. The second-order valence-electron chi connectivity index (χ2n) is 22.4. The quantitative estimate of drug-likeness (QED) is 0.0150. The minimum Gasteiger partial charge on any atom is -0.496 e. The molecule has 18 N–H and O–H groups in total. The van der Waals surface area contributed by atoms with Crippen LogP contribution >= 0.6 is 0 Å². The third-order valence-corrected chi connectivity index (χ3v) is 15.4. The van der Waals surface area contributed by atoms with E-state index in [9.17, 15) is 48.3 Å². The average molecular weight is 1310 g/mol. The van der Waals surface area contributed by atoms with E-state index in [1.165, 1.54) is 77.8 Å². The van der Waals surface area contributed by atoms with E-state index in [-0.39, 0.29) is 153 Å². The van der Waals surface area contributed by atoms with E-state index in [0.717, 1.165) is 10.9 Å². The topological polar surface area (TPSA) is 460 Å². The van der Waals surface area contributed by atoms with Gasteiger partial charge in [-0.1, -0.05) is 42.5 Å². The predicted molar refractivity (Wildman–Crippen MR) is 355 cm³/mol. The fourth-order valence-corrected chi connectivity index (χ4v) is 10.6. The smallest absolute Gasteiger partial charge is 0.326 e. The number of rotatable bonds is 38. The number of ketones is 4. The maximum Gasteiger partial charge on any atom is 0.326 e. The van der Waals surface area contributed by atoms with Gasteiger partial charge in [0.15, 0.2) is 35.2 Å². The lowest BCUT2D eigenvalue weighted by Crippen LogP contribution is -2.43. The van der Waals surface area contributed by atoms with Crippen LogP contribution in [0.2, 0.25) is 0 Å². The Hall–Kier alpha value is -11.3. The highest BCUT2D eigenvalue weighted by molar-refractivity contribution is 6.04. The summed E-state index contributed by atoms with van der Waals surface area (Å²) in [6.07, 6.45) is 1.72. The number of methoxy groups -OCH3 is 4. The number of aromatic amines is 1. The van der Waals surface area contributed by atoms with E-state index in [1.54, 1.807) is 36.5 Å². The number of nitrogens with two attached hydrogens (primary N) is 3. The molecule has 504 valence electrons. The van der Waals surface area contributed by atoms with E-state index >= 15 is 0 Å². The Labute approximate surface area is 548 Å². The molecule has 0 saturated heterocycles. The molecule has 0 radical (unpaired) electrons. The molecule has 0 aliphatic heterocycles. The van der Waals surface area contributed by atoms with Crippen molar-refractivity contribution in [3.63, 3.8) is 0 Å². The van der Waals surface area contributed by atoms with E-state index in [4.69, 9.17) is 52.4 Å². The van der Waals surface area contributed by atoms with Gasteiger partial charge in [0.05, 0.1) is 68.8 Å². The minimum absolute atomic E-state index is 0.0362. The summed E-state index contributed by atoms with van der Waals surface area (Å²) in [4.78, 5) is 127. The van der Waals surface area contributed by atoms with Crippen molar-refractivity contribution in [3.8, 4) is 23.0 Å². The zero-order valence-corrected chi connectivity index (χ0v) is 53.5. The number of nitrogens with one attached hydrogen (secondary N) is 11. The fraction of sp³-hybridized carbons (Fsp3) is 0.343. The third-order valence-electron chi connectivity index (χ3n) is 15.4. The Bertz CT molecular complexity index is 3830. The minimum atomic E-state index is -1.35. The molecule has 95 heavy (non-hydrogen) atoms. The van der Waals surface area contributed by atoms with Crippen LogP contribution in [0.25, 0.3) is 10.9 Å². The Morgan fingerprint density at radius 3 is 1.08 bits per heavy atom. The number of benzene rings is 5. The van der Waals surface area contributed by atoms with Gasteiger partial charge in [-0.15, -0.1) is 0 Å². The number of carboxylic acids is 1. The van der Waals surface area contributed by atoms with Crippen molar-refractivity contribution in [1.29, 1.82) is 16.2 Å². The van der Waals surface area contributed by atoms with Crippen LogP contribution in [0.3, 0.4) is 0 Å². The number of fused-ring (bicyclic) bond motifs is 1. The fourth-order valence-electron chi connectivity index (χ4n) is 10.6. The monoisotopic (exact) mass is 1310 g/mol. The number of H-pyrrole nitrogens is 1. The number of amides is 4. The molecule has 0 bridgehead atoms. The zero-order chi connectivity index (χ0) is 69.3. The highest BCUT2D eigenvalue weighted by Gasteiger charge is 2.30. The molecule has 1 aromatic heterocycles. The molecule has 0 unspecified atom stereocenters. The molecule has 6 rings (SSSR count). The highest BCUT2D eigenvalue weighted by atomic mass is 16.5. The van der Waals surface area contributed by atoms with Crippen LogP contribution in [0.1, 0.15) is 115 Å². The highest BCUT2D eigenvalue weighted by Crippen LogP contribution is 2.27. The predicted octanol–water partition coefficient (Wildman–Crippen LogP) is 3.28. The van der Waals surface area contributed by atoms with Gasteiger partial charge >= 0.3 is 5.97 Å². The summed E-state index contributed by atoms with van der Waals surface area (Å²) in [5.41, 5.74) is 19.5. The van der Waals surface area contributed by atoms with Crippen molar-refractivity contribution in [1.82, 2.24) is 42.2 Å². The number of hydrogen-bond acceptors (Lipinski definition) is 16.